The molecule has 5 nitrogen and oxygen atoms in total. The van der Waals surface area contributed by atoms with Crippen LogP contribution in [0.5, 0.6) is 0 Å². The lowest BCUT2D eigenvalue weighted by atomic mass is 9.96. The van der Waals surface area contributed by atoms with E-state index in [-0.39, 0.29) is 0 Å². The van der Waals surface area contributed by atoms with E-state index in [1.54, 1.807) is 0 Å². The molecule has 0 atom stereocenters. The number of nitrogens with zero attached hydrogens (tertiary/aromatic N) is 5. The number of aromatic nitrogens is 2. The average molecular weight is 636 g/mol. The van der Waals surface area contributed by atoms with E-state index in [9.17, 15) is 10.5 Å². The molecule has 9 aromatic rings. The minimum Gasteiger partial charge on any atom is -0.309 e. The van der Waals surface area contributed by atoms with Gasteiger partial charge in [0.25, 0.3) is 0 Å². The minimum atomic E-state index is 0.603. The van der Waals surface area contributed by atoms with Crippen LogP contribution in [-0.4, -0.2) is 9.13 Å². The van der Waals surface area contributed by atoms with Crippen molar-refractivity contribution in [2.45, 2.75) is 0 Å². The molecule has 0 aliphatic carbocycles. The summed E-state index contributed by atoms with van der Waals surface area (Å²) in [5, 5.41) is 23.6. The summed E-state index contributed by atoms with van der Waals surface area (Å²) in [7, 11) is 0. The zero-order valence-electron chi connectivity index (χ0n) is 26.7. The van der Waals surface area contributed by atoms with Crippen molar-refractivity contribution in [3.05, 3.63) is 174 Å². The maximum Gasteiger partial charge on any atom is 0.188 e. The van der Waals surface area contributed by atoms with Gasteiger partial charge in [0.15, 0.2) is 5.69 Å². The second kappa shape index (κ2) is 11.4. The van der Waals surface area contributed by atoms with Crippen LogP contribution in [0.3, 0.4) is 0 Å². The van der Waals surface area contributed by atoms with Gasteiger partial charge >= 0.3 is 0 Å². The van der Waals surface area contributed by atoms with E-state index < -0.39 is 0 Å². The van der Waals surface area contributed by atoms with E-state index in [0.717, 1.165) is 77.2 Å². The van der Waals surface area contributed by atoms with Crippen LogP contribution in [-0.2, 0) is 0 Å². The third-order valence-electron chi connectivity index (χ3n) is 9.53. The number of rotatable bonds is 4. The number of benzene rings is 7. The molecule has 230 valence electrons. The van der Waals surface area contributed by atoms with Crippen LogP contribution in [0, 0.1) is 29.2 Å². The molecule has 9 rings (SSSR count). The van der Waals surface area contributed by atoms with Crippen LogP contribution in [0.25, 0.3) is 82.1 Å². The molecule has 0 saturated carbocycles. The lowest BCUT2D eigenvalue weighted by Gasteiger charge is -2.15. The summed E-state index contributed by atoms with van der Waals surface area (Å²) in [6.45, 7) is 7.63. The van der Waals surface area contributed by atoms with Gasteiger partial charge in [-0.1, -0.05) is 66.7 Å². The first kappa shape index (κ1) is 28.8. The van der Waals surface area contributed by atoms with E-state index in [0.29, 0.717) is 16.8 Å². The van der Waals surface area contributed by atoms with Crippen LogP contribution in [0.1, 0.15) is 11.1 Å². The Morgan fingerprint density at radius 2 is 0.960 bits per heavy atom. The Balaban J connectivity index is 1.30. The maximum atomic E-state index is 9.73. The summed E-state index contributed by atoms with van der Waals surface area (Å²) in [6, 6.07) is 55.8. The van der Waals surface area contributed by atoms with Gasteiger partial charge in [0, 0.05) is 27.5 Å². The van der Waals surface area contributed by atoms with Gasteiger partial charge in [-0.25, -0.2) is 4.85 Å². The molecule has 7 aromatic carbocycles. The molecule has 0 aliphatic rings. The van der Waals surface area contributed by atoms with Gasteiger partial charge in [0.05, 0.1) is 51.9 Å². The van der Waals surface area contributed by atoms with Gasteiger partial charge < -0.3 is 9.13 Å². The van der Waals surface area contributed by atoms with Crippen molar-refractivity contribution in [2.75, 3.05) is 0 Å². The molecule has 0 spiro atoms. The second-order valence-electron chi connectivity index (χ2n) is 12.4. The van der Waals surface area contributed by atoms with Crippen molar-refractivity contribution < 1.29 is 0 Å². The van der Waals surface area contributed by atoms with E-state index in [4.69, 9.17) is 6.57 Å². The van der Waals surface area contributed by atoms with Crippen molar-refractivity contribution in [3.8, 4) is 45.8 Å². The van der Waals surface area contributed by atoms with Crippen LogP contribution >= 0.6 is 0 Å². The molecule has 50 heavy (non-hydrogen) atoms. The fourth-order valence-corrected chi connectivity index (χ4v) is 7.30. The predicted molar refractivity (Wildman–Crippen MR) is 202 cm³/mol. The Hall–Kier alpha value is -7.39. The van der Waals surface area contributed by atoms with Crippen LogP contribution in [0.2, 0.25) is 0 Å². The molecular weight excluding hydrogens is 611 g/mol. The summed E-state index contributed by atoms with van der Waals surface area (Å²) in [5.41, 5.74) is 12.0. The Bertz CT molecular complexity index is 2970. The van der Waals surface area contributed by atoms with Crippen LogP contribution < -0.4 is 0 Å². The highest BCUT2D eigenvalue weighted by atomic mass is 15.0. The van der Waals surface area contributed by atoms with Crippen molar-refractivity contribution >= 4 is 49.3 Å². The van der Waals surface area contributed by atoms with Gasteiger partial charge in [0.2, 0.25) is 0 Å². The number of hydrogen-bond donors (Lipinski definition) is 0. The van der Waals surface area contributed by atoms with Crippen molar-refractivity contribution in [1.29, 1.82) is 10.5 Å². The molecule has 2 heterocycles. The molecule has 0 saturated heterocycles. The van der Waals surface area contributed by atoms with Gasteiger partial charge in [-0.2, -0.15) is 10.5 Å². The summed E-state index contributed by atoms with van der Waals surface area (Å²) < 4.78 is 4.53. The van der Waals surface area contributed by atoms with Crippen molar-refractivity contribution in [3.63, 3.8) is 0 Å². The highest BCUT2D eigenvalue weighted by Crippen LogP contribution is 2.39. The highest BCUT2D eigenvalue weighted by Gasteiger charge is 2.17. The molecule has 5 heteroatoms. The van der Waals surface area contributed by atoms with E-state index in [1.165, 1.54) is 0 Å². The first-order valence-corrected chi connectivity index (χ1v) is 16.2. The largest absolute Gasteiger partial charge is 0.309 e. The van der Waals surface area contributed by atoms with E-state index in [2.05, 4.69) is 92.8 Å². The van der Waals surface area contributed by atoms with Gasteiger partial charge in [-0.05, 0) is 113 Å². The summed E-state index contributed by atoms with van der Waals surface area (Å²) >= 11 is 0. The quantitative estimate of drug-likeness (QED) is 0.181. The number of para-hydroxylation sites is 2. The smallest absolute Gasteiger partial charge is 0.188 e. The third kappa shape index (κ3) is 4.53. The summed E-state index contributed by atoms with van der Waals surface area (Å²) in [6.07, 6.45) is 0. The Morgan fingerprint density at radius 3 is 1.64 bits per heavy atom. The number of fused-ring (bicyclic) bond motifs is 6. The molecule has 0 radical (unpaired) electrons. The lowest BCUT2D eigenvalue weighted by Crippen LogP contribution is -1.97. The predicted octanol–water partition coefficient (Wildman–Crippen LogP) is 11.5. The fraction of sp³-hybridized carbons (Fsp3) is 0. The van der Waals surface area contributed by atoms with E-state index >= 15 is 0 Å². The normalized spacial score (nSPS) is 11.1. The average Bonchev–Trinajstić information content (AvgIpc) is 3.70. The molecule has 0 unspecified atom stereocenters. The van der Waals surface area contributed by atoms with Crippen molar-refractivity contribution in [2.24, 2.45) is 0 Å². The summed E-state index contributed by atoms with van der Waals surface area (Å²) in [5.74, 6) is 0. The second-order valence-corrected chi connectivity index (χ2v) is 12.4. The first-order valence-electron chi connectivity index (χ1n) is 16.2. The molecule has 0 fully saturated rings. The minimum absolute atomic E-state index is 0.603. The molecule has 0 amide bonds. The van der Waals surface area contributed by atoms with Gasteiger partial charge in [-0.15, -0.1) is 0 Å². The summed E-state index contributed by atoms with van der Waals surface area (Å²) in [4.78, 5) is 3.71. The molecule has 2 aromatic heterocycles. The molecule has 0 N–H and O–H groups in total. The highest BCUT2D eigenvalue weighted by molar-refractivity contribution is 6.11. The number of hydrogen-bond acceptors (Lipinski definition) is 2. The SMILES string of the molecule is [C-]#[N+]c1ccc2c(c1)c1ccccc1n2-c1cc(-c2cccc(C#N)c2)cc(-c2cccc(-n3c4ccccc4c4cc(C#N)ccc43)c2)c1. The zero-order chi connectivity index (χ0) is 33.8. The van der Waals surface area contributed by atoms with Crippen molar-refractivity contribution in [1.82, 2.24) is 9.13 Å². The number of nitriles is 2. The Labute approximate surface area is 288 Å². The fourth-order valence-electron chi connectivity index (χ4n) is 7.30. The van der Waals surface area contributed by atoms with Crippen LogP contribution in [0.4, 0.5) is 5.69 Å². The third-order valence-corrected chi connectivity index (χ3v) is 9.53. The van der Waals surface area contributed by atoms with Gasteiger partial charge in [-0.3, -0.25) is 0 Å². The first-order chi connectivity index (χ1) is 24.6. The lowest BCUT2D eigenvalue weighted by molar-refractivity contribution is 1.17. The topological polar surface area (TPSA) is 61.8 Å². The zero-order valence-corrected chi connectivity index (χ0v) is 26.7. The monoisotopic (exact) mass is 635 g/mol. The standard InChI is InChI=1S/C45H25N5/c1-48-35-17-19-45-41(26-35)39-13-3-5-15-43(39)50(45)37-24-33(31-9-6-8-29(20-31)27-46)22-34(25-37)32-10-7-11-36(23-32)49-42-14-4-2-12-38(42)40-21-30(28-47)16-18-44(40)49/h2-26H. The Morgan fingerprint density at radius 1 is 0.420 bits per heavy atom. The van der Waals surface area contributed by atoms with Crippen LogP contribution in [0.15, 0.2) is 152 Å². The maximum absolute atomic E-state index is 9.73. The molecular formula is C45H25N5. The van der Waals surface area contributed by atoms with Gasteiger partial charge in [0.1, 0.15) is 0 Å². The Kier molecular flexibility index (Phi) is 6.56. The molecule has 0 aliphatic heterocycles. The molecule has 0 bridgehead atoms. The van der Waals surface area contributed by atoms with E-state index in [1.807, 2.05) is 84.9 Å².